The molecule has 124 valence electrons. The van der Waals surface area contributed by atoms with Crippen molar-refractivity contribution in [2.45, 2.75) is 25.9 Å². The van der Waals surface area contributed by atoms with E-state index in [0.717, 1.165) is 38.3 Å². The number of benzene rings is 1. The number of hydrogen-bond acceptors (Lipinski definition) is 4. The highest BCUT2D eigenvalue weighted by Crippen LogP contribution is 2.33. The van der Waals surface area contributed by atoms with Gasteiger partial charge in [-0.3, -0.25) is 9.59 Å². The van der Waals surface area contributed by atoms with Crippen molar-refractivity contribution in [2.24, 2.45) is 0 Å². The van der Waals surface area contributed by atoms with Crippen LogP contribution in [0.1, 0.15) is 19.8 Å². The molecule has 3 rings (SSSR count). The Balaban J connectivity index is 1.67. The number of fused-ring (bicyclic) bond motifs is 1. The molecule has 2 amide bonds. The Morgan fingerprint density at radius 2 is 2.13 bits per heavy atom. The molecule has 6 heteroatoms. The van der Waals surface area contributed by atoms with Crippen molar-refractivity contribution in [1.82, 2.24) is 10.2 Å². The largest absolute Gasteiger partial charge is 0.479 e. The Hall–Kier alpha value is -2.08. The summed E-state index contributed by atoms with van der Waals surface area (Å²) in [7, 11) is 0. The molecular weight excluding hydrogens is 294 g/mol. The Morgan fingerprint density at radius 1 is 1.30 bits per heavy atom. The number of ether oxygens (including phenoxy) is 1. The van der Waals surface area contributed by atoms with Crippen molar-refractivity contribution in [2.75, 3.05) is 37.6 Å². The molecule has 23 heavy (non-hydrogen) atoms. The standard InChI is InChI=1S/C17H23N3O3/c1-13-17(22)20(14-5-2-3-6-15(14)23-13)11-7-16(21)19-10-4-8-18-9-12-19/h2-3,5-6,13,18H,4,7-12H2,1H3. The first-order chi connectivity index (χ1) is 11.2. The van der Waals surface area contributed by atoms with Crippen LogP contribution in [0, 0.1) is 0 Å². The highest BCUT2D eigenvalue weighted by atomic mass is 16.5. The van der Waals surface area contributed by atoms with E-state index in [1.807, 2.05) is 29.2 Å². The predicted molar refractivity (Wildman–Crippen MR) is 87.6 cm³/mol. The van der Waals surface area contributed by atoms with Crippen LogP contribution in [-0.2, 0) is 9.59 Å². The average Bonchev–Trinajstić information content (AvgIpc) is 2.84. The van der Waals surface area contributed by atoms with Gasteiger partial charge in [-0.05, 0) is 32.0 Å². The highest BCUT2D eigenvalue weighted by Gasteiger charge is 2.31. The van der Waals surface area contributed by atoms with Gasteiger partial charge in [-0.2, -0.15) is 0 Å². The van der Waals surface area contributed by atoms with Crippen molar-refractivity contribution >= 4 is 17.5 Å². The highest BCUT2D eigenvalue weighted by molar-refractivity contribution is 6.00. The van der Waals surface area contributed by atoms with Gasteiger partial charge in [-0.25, -0.2) is 0 Å². The minimum Gasteiger partial charge on any atom is -0.479 e. The van der Waals surface area contributed by atoms with Crippen molar-refractivity contribution in [1.29, 1.82) is 0 Å². The van der Waals surface area contributed by atoms with E-state index in [1.165, 1.54) is 0 Å². The molecule has 0 aliphatic carbocycles. The third-order valence-corrected chi connectivity index (χ3v) is 4.32. The maximum absolute atomic E-state index is 12.4. The lowest BCUT2D eigenvalue weighted by molar-refractivity contribution is -0.131. The first kappa shape index (κ1) is 15.8. The summed E-state index contributed by atoms with van der Waals surface area (Å²) in [6, 6.07) is 7.47. The molecule has 2 aliphatic heterocycles. The lowest BCUT2D eigenvalue weighted by Crippen LogP contribution is -2.46. The summed E-state index contributed by atoms with van der Waals surface area (Å²) in [4.78, 5) is 28.4. The molecule has 1 saturated heterocycles. The van der Waals surface area contributed by atoms with Gasteiger partial charge in [0.25, 0.3) is 5.91 Å². The van der Waals surface area contributed by atoms with Crippen LogP contribution in [0.5, 0.6) is 5.75 Å². The van der Waals surface area contributed by atoms with E-state index in [2.05, 4.69) is 5.32 Å². The molecule has 1 unspecified atom stereocenters. The fraction of sp³-hybridized carbons (Fsp3) is 0.529. The molecule has 0 saturated carbocycles. The monoisotopic (exact) mass is 317 g/mol. The van der Waals surface area contributed by atoms with Crippen molar-refractivity contribution < 1.29 is 14.3 Å². The summed E-state index contributed by atoms with van der Waals surface area (Å²) in [5, 5.41) is 3.29. The van der Waals surface area contributed by atoms with E-state index in [-0.39, 0.29) is 11.8 Å². The second-order valence-corrected chi connectivity index (χ2v) is 5.95. The fourth-order valence-electron chi connectivity index (χ4n) is 3.05. The van der Waals surface area contributed by atoms with Crippen LogP contribution in [0.2, 0.25) is 0 Å². The zero-order chi connectivity index (χ0) is 16.2. The first-order valence-electron chi connectivity index (χ1n) is 8.22. The van der Waals surface area contributed by atoms with Gasteiger partial charge in [-0.15, -0.1) is 0 Å². The minimum atomic E-state index is -0.512. The predicted octanol–water partition coefficient (Wildman–Crippen LogP) is 1.01. The second kappa shape index (κ2) is 7.00. The lowest BCUT2D eigenvalue weighted by Gasteiger charge is -2.33. The van der Waals surface area contributed by atoms with E-state index < -0.39 is 6.10 Å². The van der Waals surface area contributed by atoms with Gasteiger partial charge in [0, 0.05) is 32.6 Å². The van der Waals surface area contributed by atoms with E-state index in [4.69, 9.17) is 4.74 Å². The number of para-hydroxylation sites is 2. The Bertz CT molecular complexity index is 582. The zero-order valence-corrected chi connectivity index (χ0v) is 13.5. The van der Waals surface area contributed by atoms with Crippen molar-refractivity contribution in [3.8, 4) is 5.75 Å². The van der Waals surface area contributed by atoms with Gasteiger partial charge in [0.15, 0.2) is 6.10 Å². The van der Waals surface area contributed by atoms with Gasteiger partial charge in [0.2, 0.25) is 5.91 Å². The van der Waals surface area contributed by atoms with Gasteiger partial charge in [-0.1, -0.05) is 12.1 Å². The second-order valence-electron chi connectivity index (χ2n) is 5.95. The van der Waals surface area contributed by atoms with E-state index in [1.54, 1.807) is 11.8 Å². The van der Waals surface area contributed by atoms with Crippen LogP contribution in [-0.4, -0.2) is 55.5 Å². The van der Waals surface area contributed by atoms with Crippen LogP contribution < -0.4 is 15.0 Å². The summed E-state index contributed by atoms with van der Waals surface area (Å²) < 4.78 is 5.62. The molecule has 1 fully saturated rings. The maximum atomic E-state index is 12.4. The molecule has 0 spiro atoms. The Morgan fingerprint density at radius 3 is 3.00 bits per heavy atom. The summed E-state index contributed by atoms with van der Waals surface area (Å²) >= 11 is 0. The lowest BCUT2D eigenvalue weighted by atomic mass is 10.1. The number of rotatable bonds is 3. The number of carbonyl (C=O) groups is 2. The normalized spacial score (nSPS) is 21.4. The molecule has 2 aliphatic rings. The van der Waals surface area contributed by atoms with Gasteiger partial charge < -0.3 is 19.9 Å². The fourth-order valence-corrected chi connectivity index (χ4v) is 3.05. The number of carbonyl (C=O) groups excluding carboxylic acids is 2. The minimum absolute atomic E-state index is 0.0889. The molecular formula is C17H23N3O3. The molecule has 0 aromatic heterocycles. The van der Waals surface area contributed by atoms with Gasteiger partial charge in [0.1, 0.15) is 5.75 Å². The topological polar surface area (TPSA) is 61.9 Å². The van der Waals surface area contributed by atoms with E-state index >= 15 is 0 Å². The number of anilines is 1. The SMILES string of the molecule is CC1Oc2ccccc2N(CCC(=O)N2CCCNCC2)C1=O. The molecule has 0 bridgehead atoms. The van der Waals surface area contributed by atoms with Gasteiger partial charge >= 0.3 is 0 Å². The van der Waals surface area contributed by atoms with E-state index in [0.29, 0.717) is 18.7 Å². The van der Waals surface area contributed by atoms with Crippen LogP contribution in [0.15, 0.2) is 24.3 Å². The average molecular weight is 317 g/mol. The van der Waals surface area contributed by atoms with Crippen LogP contribution in [0.4, 0.5) is 5.69 Å². The summed E-state index contributed by atoms with van der Waals surface area (Å²) in [5.74, 6) is 0.721. The summed E-state index contributed by atoms with van der Waals surface area (Å²) in [6.07, 6.45) is 0.803. The number of nitrogens with zero attached hydrogens (tertiary/aromatic N) is 2. The third-order valence-electron chi connectivity index (χ3n) is 4.32. The first-order valence-corrected chi connectivity index (χ1v) is 8.22. The number of hydrogen-bond donors (Lipinski definition) is 1. The molecule has 6 nitrogen and oxygen atoms in total. The smallest absolute Gasteiger partial charge is 0.267 e. The van der Waals surface area contributed by atoms with Crippen LogP contribution in [0.3, 0.4) is 0 Å². The number of amides is 2. The maximum Gasteiger partial charge on any atom is 0.267 e. The van der Waals surface area contributed by atoms with Crippen LogP contribution >= 0.6 is 0 Å². The van der Waals surface area contributed by atoms with Crippen molar-refractivity contribution in [3.05, 3.63) is 24.3 Å². The molecule has 1 atom stereocenters. The van der Waals surface area contributed by atoms with E-state index in [9.17, 15) is 9.59 Å². The quantitative estimate of drug-likeness (QED) is 0.904. The van der Waals surface area contributed by atoms with Gasteiger partial charge in [0.05, 0.1) is 5.69 Å². The van der Waals surface area contributed by atoms with Crippen molar-refractivity contribution in [3.63, 3.8) is 0 Å². The molecule has 1 N–H and O–H groups in total. The zero-order valence-electron chi connectivity index (χ0n) is 13.5. The number of nitrogens with one attached hydrogen (secondary N) is 1. The third kappa shape index (κ3) is 3.47. The summed E-state index contributed by atoms with van der Waals surface area (Å²) in [5.41, 5.74) is 0.751. The molecule has 0 radical (unpaired) electrons. The van der Waals surface area contributed by atoms with Crippen LogP contribution in [0.25, 0.3) is 0 Å². The Labute approximate surface area is 136 Å². The Kier molecular flexibility index (Phi) is 4.81. The molecule has 1 aromatic rings. The molecule has 1 aromatic carbocycles. The molecule has 2 heterocycles. The summed E-state index contributed by atoms with van der Waals surface area (Å²) in [6.45, 7) is 5.46.